The maximum Gasteiger partial charge on any atom is 0.264 e. The molecule has 1 spiro atoms. The predicted octanol–water partition coefficient (Wildman–Crippen LogP) is 4.53. The van der Waals surface area contributed by atoms with Crippen molar-refractivity contribution in [2.75, 3.05) is 18.6 Å². The van der Waals surface area contributed by atoms with E-state index in [1.165, 1.54) is 5.20 Å². The van der Waals surface area contributed by atoms with E-state index in [2.05, 4.69) is 25.7 Å². The number of hydrogen-bond acceptors (Lipinski definition) is 3. The number of ether oxygens (including phenoxy) is 2. The Morgan fingerprint density at radius 1 is 1.11 bits per heavy atom. The molecule has 2 atom stereocenters. The van der Waals surface area contributed by atoms with Crippen LogP contribution in [0.15, 0.2) is 65.9 Å². The lowest BCUT2D eigenvalue weighted by Crippen LogP contribution is -2.49. The van der Waals surface area contributed by atoms with E-state index in [0.29, 0.717) is 13.0 Å². The third-order valence-electron chi connectivity index (χ3n) is 5.65. The summed E-state index contributed by atoms with van der Waals surface area (Å²) in [5.74, 6) is 0.825. The second-order valence-corrected chi connectivity index (χ2v) is 13.7. The van der Waals surface area contributed by atoms with E-state index in [-0.39, 0.29) is 12.0 Å². The molecule has 0 bridgehead atoms. The van der Waals surface area contributed by atoms with Gasteiger partial charge in [-0.3, -0.25) is 4.79 Å². The van der Waals surface area contributed by atoms with E-state index < -0.39 is 13.7 Å². The van der Waals surface area contributed by atoms with E-state index in [1.54, 1.807) is 4.90 Å². The Morgan fingerprint density at radius 3 is 2.50 bits per heavy atom. The maximum atomic E-state index is 13.4. The van der Waals surface area contributed by atoms with E-state index in [0.717, 1.165) is 17.0 Å². The van der Waals surface area contributed by atoms with Crippen molar-refractivity contribution in [2.24, 2.45) is 0 Å². The van der Waals surface area contributed by atoms with Gasteiger partial charge in [0.1, 0.15) is 18.5 Å². The normalized spacial score (nSPS) is 24.3. The largest absolute Gasteiger partial charge is 0.491 e. The first kappa shape index (κ1) is 19.0. The molecular formula is C23H27NO3Si. The summed E-state index contributed by atoms with van der Waals surface area (Å²) in [6.07, 6.45) is 2.57. The first-order chi connectivity index (χ1) is 13.3. The quantitative estimate of drug-likeness (QED) is 0.717. The molecule has 0 N–H and O–H groups in total. The molecule has 0 fully saturated rings. The Labute approximate surface area is 167 Å². The molecule has 2 aromatic rings. The Hall–Kier alpha value is -2.37. The van der Waals surface area contributed by atoms with Gasteiger partial charge in [-0.05, 0) is 18.2 Å². The maximum absolute atomic E-state index is 13.4. The van der Waals surface area contributed by atoms with Crippen molar-refractivity contribution in [1.29, 1.82) is 0 Å². The third kappa shape index (κ3) is 3.19. The Morgan fingerprint density at radius 2 is 1.79 bits per heavy atom. The van der Waals surface area contributed by atoms with Gasteiger partial charge < -0.3 is 14.4 Å². The lowest BCUT2D eigenvalue weighted by atomic mass is 9.89. The van der Waals surface area contributed by atoms with E-state index in [1.807, 2.05) is 61.6 Å². The average molecular weight is 394 g/mol. The Balaban J connectivity index is 1.70. The molecule has 2 heterocycles. The summed E-state index contributed by atoms with van der Waals surface area (Å²) >= 11 is 0. The summed E-state index contributed by atoms with van der Waals surface area (Å²) in [6.45, 7) is 7.35. The Kier molecular flexibility index (Phi) is 4.68. The first-order valence-electron chi connectivity index (χ1n) is 9.76. The van der Waals surface area contributed by atoms with E-state index >= 15 is 0 Å². The van der Waals surface area contributed by atoms with Gasteiger partial charge in [-0.25, -0.2) is 0 Å². The molecular weight excluding hydrogens is 366 g/mol. The molecule has 0 unspecified atom stereocenters. The van der Waals surface area contributed by atoms with Crippen LogP contribution in [0.5, 0.6) is 5.75 Å². The van der Waals surface area contributed by atoms with Gasteiger partial charge in [-0.15, -0.1) is 0 Å². The highest BCUT2D eigenvalue weighted by atomic mass is 28.3. The fourth-order valence-corrected chi connectivity index (χ4v) is 5.53. The molecule has 5 heteroatoms. The molecule has 0 saturated heterocycles. The van der Waals surface area contributed by atoms with Gasteiger partial charge in [-0.1, -0.05) is 67.3 Å². The molecule has 1 amide bonds. The zero-order valence-electron chi connectivity index (χ0n) is 16.9. The number of carbonyl (C=O) groups excluding carboxylic acids is 1. The summed E-state index contributed by atoms with van der Waals surface area (Å²) in [6, 6.07) is 17.7. The van der Waals surface area contributed by atoms with E-state index in [9.17, 15) is 4.79 Å². The summed E-state index contributed by atoms with van der Waals surface area (Å²) < 4.78 is 12.5. The number of hydrogen-bond donors (Lipinski definition) is 0. The molecule has 0 aliphatic carbocycles. The smallest absolute Gasteiger partial charge is 0.264 e. The van der Waals surface area contributed by atoms with Gasteiger partial charge in [0.2, 0.25) is 0 Å². The van der Waals surface area contributed by atoms with Crippen molar-refractivity contribution in [2.45, 2.75) is 37.8 Å². The third-order valence-corrected chi connectivity index (χ3v) is 7.92. The van der Waals surface area contributed by atoms with Crippen LogP contribution in [-0.2, 0) is 15.1 Å². The first-order valence-corrected chi connectivity index (χ1v) is 13.3. The van der Waals surface area contributed by atoms with Crippen molar-refractivity contribution in [1.82, 2.24) is 0 Å². The van der Waals surface area contributed by atoms with Gasteiger partial charge >= 0.3 is 0 Å². The van der Waals surface area contributed by atoms with Gasteiger partial charge in [0, 0.05) is 19.0 Å². The molecule has 28 heavy (non-hydrogen) atoms. The minimum atomic E-state index is -1.62. The van der Waals surface area contributed by atoms with Crippen LogP contribution in [0.25, 0.3) is 0 Å². The lowest BCUT2D eigenvalue weighted by molar-refractivity contribution is -0.152. The molecule has 4 rings (SSSR count). The van der Waals surface area contributed by atoms with Crippen LogP contribution in [0.1, 0.15) is 12.0 Å². The number of likely N-dealkylation sites (N-methyl/N-ethyl adjacent to an activating group) is 1. The number of fused-ring (bicyclic) bond motifs is 2. The molecule has 2 aliphatic rings. The highest BCUT2D eigenvalue weighted by Crippen LogP contribution is 2.49. The zero-order valence-corrected chi connectivity index (χ0v) is 17.9. The minimum Gasteiger partial charge on any atom is -0.491 e. The monoisotopic (exact) mass is 393 g/mol. The van der Waals surface area contributed by atoms with Crippen LogP contribution in [0.3, 0.4) is 0 Å². The van der Waals surface area contributed by atoms with E-state index in [4.69, 9.17) is 9.47 Å². The number of benzene rings is 2. The number of para-hydroxylation sites is 2. The number of rotatable bonds is 4. The number of nitrogens with zero attached hydrogens (tertiary/aromatic N) is 1. The highest BCUT2D eigenvalue weighted by Gasteiger charge is 2.54. The summed E-state index contributed by atoms with van der Waals surface area (Å²) in [5.41, 5.74) is 0.962. The summed E-state index contributed by atoms with van der Waals surface area (Å²) in [4.78, 5) is 15.1. The summed E-state index contributed by atoms with van der Waals surface area (Å²) in [5, 5.41) is 1.36. The van der Waals surface area contributed by atoms with Crippen LogP contribution in [0, 0.1) is 0 Å². The van der Waals surface area contributed by atoms with Crippen molar-refractivity contribution in [3.63, 3.8) is 0 Å². The van der Waals surface area contributed by atoms with Crippen LogP contribution in [0.4, 0.5) is 5.69 Å². The second kappa shape index (κ2) is 6.90. The SMILES string of the molecule is CN1C(=O)[C@@]2(CC([Si](C)(C)C)=C[C@@H](COc3ccccc3)O2)c2ccccc21. The van der Waals surface area contributed by atoms with Crippen molar-refractivity contribution in [3.8, 4) is 5.75 Å². The van der Waals surface area contributed by atoms with Crippen molar-refractivity contribution >= 4 is 19.7 Å². The predicted molar refractivity (Wildman–Crippen MR) is 114 cm³/mol. The fraction of sp³-hybridized carbons (Fsp3) is 0.348. The number of anilines is 1. The number of carbonyl (C=O) groups is 1. The topological polar surface area (TPSA) is 38.8 Å². The van der Waals surface area contributed by atoms with Gasteiger partial charge in [-0.2, -0.15) is 0 Å². The lowest BCUT2D eigenvalue weighted by Gasteiger charge is -2.40. The molecule has 2 aliphatic heterocycles. The Bertz CT molecular complexity index is 919. The molecule has 4 nitrogen and oxygen atoms in total. The summed E-state index contributed by atoms with van der Waals surface area (Å²) in [7, 11) is 0.216. The average Bonchev–Trinajstić information content (AvgIpc) is 2.89. The standard InChI is InChI=1S/C23H27NO3Si/c1-24-21-13-9-8-12-20(21)23(22(24)25)15-19(28(2,3)4)14-18(27-23)16-26-17-10-6-5-7-11-17/h5-14,18H,15-16H2,1-4H3/t18-,23+/m0/s1. The second-order valence-electron chi connectivity index (χ2n) is 8.61. The van der Waals surface area contributed by atoms with Gasteiger partial charge in [0.25, 0.3) is 5.91 Å². The van der Waals surface area contributed by atoms with Crippen molar-refractivity contribution in [3.05, 3.63) is 71.4 Å². The van der Waals surface area contributed by atoms with Crippen LogP contribution in [0.2, 0.25) is 19.6 Å². The minimum absolute atomic E-state index is 0.0160. The molecule has 0 radical (unpaired) electrons. The molecule has 2 aromatic carbocycles. The van der Waals surface area contributed by atoms with Gasteiger partial charge in [0.05, 0.1) is 13.8 Å². The van der Waals surface area contributed by atoms with Crippen LogP contribution in [-0.4, -0.2) is 33.7 Å². The zero-order chi connectivity index (χ0) is 19.9. The molecule has 0 aromatic heterocycles. The van der Waals surface area contributed by atoms with Gasteiger partial charge in [0.15, 0.2) is 5.60 Å². The van der Waals surface area contributed by atoms with Crippen LogP contribution < -0.4 is 9.64 Å². The highest BCUT2D eigenvalue weighted by molar-refractivity contribution is 6.83. The van der Waals surface area contributed by atoms with Crippen molar-refractivity contribution < 1.29 is 14.3 Å². The molecule has 0 saturated carbocycles. The fourth-order valence-electron chi connectivity index (χ4n) is 4.07. The molecule has 146 valence electrons. The number of amides is 1. The van der Waals surface area contributed by atoms with Crippen LogP contribution >= 0.6 is 0 Å².